The monoisotopic (exact) mass is 349 g/mol. The van der Waals surface area contributed by atoms with Crippen LogP contribution in [0.4, 0.5) is 0 Å². The van der Waals surface area contributed by atoms with Crippen molar-refractivity contribution in [3.63, 3.8) is 0 Å². The van der Waals surface area contributed by atoms with Gasteiger partial charge in [0.25, 0.3) is 5.89 Å². The first kappa shape index (κ1) is 18.6. The Labute approximate surface area is 151 Å². The first-order valence-corrected chi connectivity index (χ1v) is 7.81. The number of nitrogens with zero attached hydrogens (tertiary/aromatic N) is 5. The topological polar surface area (TPSA) is 125 Å². The number of rotatable bonds is 8. The summed E-state index contributed by atoms with van der Waals surface area (Å²) in [6.45, 7) is 3.50. The molecule has 132 valence electrons. The van der Waals surface area contributed by atoms with Gasteiger partial charge in [-0.2, -0.15) is 5.26 Å². The highest BCUT2D eigenvalue weighted by Crippen LogP contribution is 2.20. The molecule has 0 aliphatic heterocycles. The minimum atomic E-state index is -0.280. The van der Waals surface area contributed by atoms with Gasteiger partial charge in [0.1, 0.15) is 5.70 Å². The predicted molar refractivity (Wildman–Crippen MR) is 101 cm³/mol. The van der Waals surface area contributed by atoms with E-state index in [4.69, 9.17) is 15.4 Å². The zero-order valence-corrected chi connectivity index (χ0v) is 14.3. The molecule has 26 heavy (non-hydrogen) atoms. The smallest absolute Gasteiger partial charge is 0.267 e. The van der Waals surface area contributed by atoms with E-state index in [1.165, 1.54) is 12.4 Å². The molecule has 2 aromatic rings. The molecule has 0 aliphatic carbocycles. The van der Waals surface area contributed by atoms with Gasteiger partial charge in [0, 0.05) is 43.6 Å². The second-order valence-corrected chi connectivity index (χ2v) is 5.07. The average molecular weight is 349 g/mol. The highest BCUT2D eigenvalue weighted by Gasteiger charge is 2.14. The summed E-state index contributed by atoms with van der Waals surface area (Å²) in [4.78, 5) is 8.10. The molecule has 0 fully saturated rings. The third kappa shape index (κ3) is 4.88. The number of hydrogen-bond acceptors (Lipinski definition) is 8. The van der Waals surface area contributed by atoms with Crippen molar-refractivity contribution in [1.82, 2.24) is 15.5 Å². The Bertz CT molecular complexity index is 859. The summed E-state index contributed by atoms with van der Waals surface area (Å²) in [5.74, 6) is 0.478. The molecule has 1 aromatic heterocycles. The summed E-state index contributed by atoms with van der Waals surface area (Å²) in [7, 11) is 1.68. The Morgan fingerprint density at radius 2 is 2.15 bits per heavy atom. The van der Waals surface area contributed by atoms with Crippen molar-refractivity contribution in [2.24, 2.45) is 21.6 Å². The molecule has 1 aromatic carbocycles. The maximum Gasteiger partial charge on any atom is 0.267 e. The minimum absolute atomic E-state index is 0.158. The van der Waals surface area contributed by atoms with Crippen molar-refractivity contribution in [3.05, 3.63) is 54.8 Å². The van der Waals surface area contributed by atoms with E-state index in [-0.39, 0.29) is 24.1 Å². The van der Waals surface area contributed by atoms with Gasteiger partial charge in [-0.1, -0.05) is 24.8 Å². The minimum Gasteiger partial charge on any atom is -0.415 e. The van der Waals surface area contributed by atoms with Gasteiger partial charge in [0.2, 0.25) is 5.89 Å². The van der Waals surface area contributed by atoms with Crippen LogP contribution in [-0.4, -0.2) is 29.7 Å². The number of nitrogens with two attached hydrogens (primary N) is 1. The van der Waals surface area contributed by atoms with Crippen LogP contribution in [0, 0.1) is 17.2 Å². The van der Waals surface area contributed by atoms with Crippen molar-refractivity contribution in [3.8, 4) is 17.5 Å². The van der Waals surface area contributed by atoms with E-state index in [0.29, 0.717) is 11.6 Å². The quantitative estimate of drug-likeness (QED) is 0.705. The lowest BCUT2D eigenvalue weighted by Gasteiger charge is -2.05. The fourth-order valence-electron chi connectivity index (χ4n) is 2.03. The Kier molecular flexibility index (Phi) is 6.83. The molecule has 0 saturated heterocycles. The van der Waals surface area contributed by atoms with E-state index < -0.39 is 0 Å². The molecule has 0 aliphatic rings. The lowest BCUT2D eigenvalue weighted by atomic mass is 10.1. The molecule has 0 spiro atoms. The molecule has 8 nitrogen and oxygen atoms in total. The van der Waals surface area contributed by atoms with Gasteiger partial charge < -0.3 is 15.5 Å². The van der Waals surface area contributed by atoms with Crippen LogP contribution in [0.15, 0.2) is 63.3 Å². The van der Waals surface area contributed by atoms with E-state index in [0.717, 1.165) is 5.56 Å². The van der Waals surface area contributed by atoms with Crippen molar-refractivity contribution in [1.29, 1.82) is 5.26 Å². The Morgan fingerprint density at radius 1 is 1.38 bits per heavy atom. The SMILES string of the molecule is C=C/N=C\C(/C=N\C(N)=C(/NC)c1nnc(-c2ccccc2)o1)CC#N. The summed E-state index contributed by atoms with van der Waals surface area (Å²) in [5.41, 5.74) is 7.23. The van der Waals surface area contributed by atoms with Crippen LogP contribution in [0.5, 0.6) is 0 Å². The largest absolute Gasteiger partial charge is 0.415 e. The number of nitriles is 1. The molecular formula is C18H19N7O. The zero-order chi connectivity index (χ0) is 18.8. The van der Waals surface area contributed by atoms with Gasteiger partial charge >= 0.3 is 0 Å². The standard InChI is InChI=1S/C18H19N7O/c1-3-22-11-13(9-10-19)12-23-16(20)15(21-2)18-25-24-17(26-18)14-7-5-4-6-8-14/h3-8,11-13,21H,1,9,20H2,2H3/b16-15-,22-11-,23-12-. The summed E-state index contributed by atoms with van der Waals surface area (Å²) in [6, 6.07) is 11.5. The molecule has 0 amide bonds. The molecule has 1 heterocycles. The second-order valence-electron chi connectivity index (χ2n) is 5.07. The zero-order valence-electron chi connectivity index (χ0n) is 14.3. The van der Waals surface area contributed by atoms with E-state index in [9.17, 15) is 0 Å². The predicted octanol–water partition coefficient (Wildman–Crippen LogP) is 2.36. The highest BCUT2D eigenvalue weighted by atomic mass is 16.4. The van der Waals surface area contributed by atoms with E-state index >= 15 is 0 Å². The van der Waals surface area contributed by atoms with Crippen molar-refractivity contribution < 1.29 is 4.42 Å². The van der Waals surface area contributed by atoms with Gasteiger partial charge in [-0.15, -0.1) is 10.2 Å². The van der Waals surface area contributed by atoms with Crippen molar-refractivity contribution >= 4 is 18.1 Å². The number of nitrogens with one attached hydrogen (secondary N) is 1. The van der Waals surface area contributed by atoms with Gasteiger partial charge in [0.05, 0.1) is 6.07 Å². The third-order valence-electron chi connectivity index (χ3n) is 3.28. The molecule has 3 N–H and O–H groups in total. The summed E-state index contributed by atoms with van der Waals surface area (Å²) in [6.07, 6.45) is 4.73. The van der Waals surface area contributed by atoms with Crippen molar-refractivity contribution in [2.75, 3.05) is 7.05 Å². The molecule has 8 heteroatoms. The van der Waals surface area contributed by atoms with Crippen LogP contribution in [0.1, 0.15) is 12.3 Å². The van der Waals surface area contributed by atoms with Crippen LogP contribution in [0.25, 0.3) is 17.2 Å². The Balaban J connectivity index is 2.26. The second kappa shape index (κ2) is 9.54. The highest BCUT2D eigenvalue weighted by molar-refractivity contribution is 5.85. The van der Waals surface area contributed by atoms with Crippen LogP contribution < -0.4 is 11.1 Å². The lowest BCUT2D eigenvalue weighted by Crippen LogP contribution is -2.13. The molecule has 0 radical (unpaired) electrons. The average Bonchev–Trinajstić information content (AvgIpc) is 3.15. The normalized spacial score (nSPS) is 13.4. The molecular weight excluding hydrogens is 330 g/mol. The maximum absolute atomic E-state index is 8.86. The van der Waals surface area contributed by atoms with Gasteiger partial charge in [-0.25, -0.2) is 4.99 Å². The van der Waals surface area contributed by atoms with Crippen LogP contribution in [-0.2, 0) is 0 Å². The first-order valence-electron chi connectivity index (χ1n) is 7.81. The van der Waals surface area contributed by atoms with E-state index in [1.54, 1.807) is 13.3 Å². The molecule has 1 unspecified atom stereocenters. The fraction of sp³-hybridized carbons (Fsp3) is 0.167. The number of aromatic nitrogens is 2. The molecule has 2 rings (SSSR count). The summed E-state index contributed by atoms with van der Waals surface area (Å²) >= 11 is 0. The number of benzene rings is 1. The van der Waals surface area contributed by atoms with Gasteiger partial charge in [-0.3, -0.25) is 4.99 Å². The van der Waals surface area contributed by atoms with Crippen LogP contribution >= 0.6 is 0 Å². The lowest BCUT2D eigenvalue weighted by molar-refractivity contribution is 0.547. The molecule has 0 saturated carbocycles. The Hall–Kier alpha value is -3.73. The van der Waals surface area contributed by atoms with E-state index in [2.05, 4.69) is 38.1 Å². The molecule has 0 bridgehead atoms. The number of hydrogen-bond donors (Lipinski definition) is 2. The Morgan fingerprint density at radius 3 is 2.81 bits per heavy atom. The summed E-state index contributed by atoms with van der Waals surface area (Å²) in [5, 5.41) is 19.8. The fourth-order valence-corrected chi connectivity index (χ4v) is 2.03. The number of aliphatic imine (C=N–C) groups is 2. The molecule has 1 atom stereocenters. The van der Waals surface area contributed by atoms with Gasteiger partial charge in [-0.05, 0) is 12.1 Å². The third-order valence-corrected chi connectivity index (χ3v) is 3.28. The maximum atomic E-state index is 8.86. The van der Waals surface area contributed by atoms with Crippen LogP contribution in [0.3, 0.4) is 0 Å². The van der Waals surface area contributed by atoms with Crippen molar-refractivity contribution in [2.45, 2.75) is 6.42 Å². The van der Waals surface area contributed by atoms with Gasteiger partial charge in [0.15, 0.2) is 5.82 Å². The summed E-state index contributed by atoms with van der Waals surface area (Å²) < 4.78 is 5.67. The van der Waals surface area contributed by atoms with Crippen LogP contribution in [0.2, 0.25) is 0 Å². The van der Waals surface area contributed by atoms with E-state index in [1.807, 2.05) is 30.3 Å². The first-order chi connectivity index (χ1) is 12.7.